The molecular weight excluding hydrogens is 358 g/mol. The second kappa shape index (κ2) is 7.74. The molecule has 0 radical (unpaired) electrons. The molecule has 1 aliphatic heterocycles. The summed E-state index contributed by atoms with van der Waals surface area (Å²) in [6.45, 7) is 7.26. The van der Waals surface area contributed by atoms with E-state index in [4.69, 9.17) is 4.74 Å². The molecule has 0 aliphatic carbocycles. The molecule has 1 unspecified atom stereocenters. The number of ether oxygens (including phenoxy) is 1. The average Bonchev–Trinajstić information content (AvgIpc) is 2.62. The number of rotatable bonds is 6. The summed E-state index contributed by atoms with van der Waals surface area (Å²) in [5.41, 5.74) is 2.00. The third-order valence-corrected chi connectivity index (χ3v) is 6.93. The Bertz CT molecular complexity index is 860. The van der Waals surface area contributed by atoms with Gasteiger partial charge in [-0.1, -0.05) is 48.0 Å². The lowest BCUT2D eigenvalue weighted by atomic mass is 9.67. The number of hydrogen-bond acceptors (Lipinski definition) is 3. The SMILES string of the molecule is Cc1ccc(S(=O)(=O)NCCC2(c3ccccc3)CCOC(C)(C)C2)cc1. The normalized spacial score (nSPS) is 22.5. The van der Waals surface area contributed by atoms with Crippen LogP contribution in [0.5, 0.6) is 0 Å². The molecule has 1 aliphatic rings. The fourth-order valence-electron chi connectivity index (χ4n) is 4.10. The largest absolute Gasteiger partial charge is 0.376 e. The van der Waals surface area contributed by atoms with Gasteiger partial charge in [-0.25, -0.2) is 13.1 Å². The Kier molecular flexibility index (Phi) is 5.75. The van der Waals surface area contributed by atoms with Gasteiger partial charge in [-0.15, -0.1) is 0 Å². The van der Waals surface area contributed by atoms with E-state index in [2.05, 4.69) is 42.8 Å². The number of benzene rings is 2. The maximum atomic E-state index is 12.6. The first kappa shape index (κ1) is 20.1. The van der Waals surface area contributed by atoms with Crippen LogP contribution in [-0.2, 0) is 20.2 Å². The van der Waals surface area contributed by atoms with Crippen LogP contribution in [0.2, 0.25) is 0 Å². The summed E-state index contributed by atoms with van der Waals surface area (Å²) in [7, 11) is -3.50. The van der Waals surface area contributed by atoms with Crippen LogP contribution in [0.3, 0.4) is 0 Å². The van der Waals surface area contributed by atoms with Crippen molar-refractivity contribution in [1.82, 2.24) is 4.72 Å². The zero-order valence-electron chi connectivity index (χ0n) is 16.4. The van der Waals surface area contributed by atoms with Crippen molar-refractivity contribution in [2.24, 2.45) is 0 Å². The summed E-state index contributed by atoms with van der Waals surface area (Å²) in [4.78, 5) is 0.314. The van der Waals surface area contributed by atoms with Gasteiger partial charge in [-0.3, -0.25) is 0 Å². The zero-order valence-corrected chi connectivity index (χ0v) is 17.2. The van der Waals surface area contributed by atoms with E-state index in [1.54, 1.807) is 12.1 Å². The van der Waals surface area contributed by atoms with Gasteiger partial charge in [0.15, 0.2) is 0 Å². The second-order valence-electron chi connectivity index (χ2n) is 8.14. The molecule has 0 saturated carbocycles. The third kappa shape index (κ3) is 4.78. The molecule has 146 valence electrons. The predicted octanol–water partition coefficient (Wildman–Crippen LogP) is 4.19. The maximum absolute atomic E-state index is 12.6. The van der Waals surface area contributed by atoms with E-state index in [0.717, 1.165) is 24.8 Å². The van der Waals surface area contributed by atoms with Gasteiger partial charge in [0.1, 0.15) is 0 Å². The minimum Gasteiger partial charge on any atom is -0.376 e. The van der Waals surface area contributed by atoms with Crippen molar-refractivity contribution >= 4 is 10.0 Å². The van der Waals surface area contributed by atoms with Crippen LogP contribution in [0.25, 0.3) is 0 Å². The smallest absolute Gasteiger partial charge is 0.240 e. The van der Waals surface area contributed by atoms with Gasteiger partial charge in [0.2, 0.25) is 10.0 Å². The van der Waals surface area contributed by atoms with E-state index in [1.807, 2.05) is 25.1 Å². The van der Waals surface area contributed by atoms with E-state index in [-0.39, 0.29) is 11.0 Å². The van der Waals surface area contributed by atoms with Gasteiger partial charge in [-0.2, -0.15) is 0 Å². The molecule has 3 rings (SSSR count). The van der Waals surface area contributed by atoms with Crippen LogP contribution in [0.1, 0.15) is 44.2 Å². The van der Waals surface area contributed by atoms with Gasteiger partial charge in [-0.05, 0) is 57.7 Å². The molecule has 1 heterocycles. The third-order valence-electron chi connectivity index (χ3n) is 5.45. The van der Waals surface area contributed by atoms with E-state index < -0.39 is 10.0 Å². The lowest BCUT2D eigenvalue weighted by Gasteiger charge is -2.45. The Hall–Kier alpha value is -1.69. The van der Waals surface area contributed by atoms with E-state index in [0.29, 0.717) is 18.0 Å². The lowest BCUT2D eigenvalue weighted by Crippen LogP contribution is -2.45. The maximum Gasteiger partial charge on any atom is 0.240 e. The van der Waals surface area contributed by atoms with Crippen molar-refractivity contribution in [2.45, 2.75) is 55.9 Å². The second-order valence-corrected chi connectivity index (χ2v) is 9.91. The summed E-state index contributed by atoms with van der Waals surface area (Å²) in [5.74, 6) is 0. The van der Waals surface area contributed by atoms with Crippen molar-refractivity contribution in [1.29, 1.82) is 0 Å². The molecule has 5 heteroatoms. The van der Waals surface area contributed by atoms with Crippen molar-refractivity contribution in [3.05, 3.63) is 65.7 Å². The van der Waals surface area contributed by atoms with Gasteiger partial charge in [0.25, 0.3) is 0 Å². The Morgan fingerprint density at radius 1 is 1.04 bits per heavy atom. The first-order valence-electron chi connectivity index (χ1n) is 9.48. The molecule has 1 N–H and O–H groups in total. The number of sulfonamides is 1. The highest BCUT2D eigenvalue weighted by Gasteiger charge is 2.41. The van der Waals surface area contributed by atoms with Crippen LogP contribution in [0.15, 0.2) is 59.5 Å². The number of hydrogen-bond donors (Lipinski definition) is 1. The molecule has 2 aromatic rings. The van der Waals surface area contributed by atoms with Crippen LogP contribution < -0.4 is 4.72 Å². The average molecular weight is 388 g/mol. The van der Waals surface area contributed by atoms with Gasteiger partial charge in [0.05, 0.1) is 10.5 Å². The molecule has 0 aromatic heterocycles. The molecule has 2 aromatic carbocycles. The van der Waals surface area contributed by atoms with Crippen molar-refractivity contribution in [3.8, 4) is 0 Å². The summed E-state index contributed by atoms with van der Waals surface area (Å²) < 4.78 is 34.0. The molecule has 0 spiro atoms. The summed E-state index contributed by atoms with van der Waals surface area (Å²) in [5, 5.41) is 0. The van der Waals surface area contributed by atoms with Gasteiger partial charge < -0.3 is 4.74 Å². The predicted molar refractivity (Wildman–Crippen MR) is 108 cm³/mol. The fraction of sp³-hybridized carbons (Fsp3) is 0.455. The Morgan fingerprint density at radius 2 is 1.70 bits per heavy atom. The van der Waals surface area contributed by atoms with Crippen molar-refractivity contribution in [3.63, 3.8) is 0 Å². The zero-order chi connectivity index (χ0) is 19.5. The Morgan fingerprint density at radius 3 is 2.33 bits per heavy atom. The highest BCUT2D eigenvalue weighted by molar-refractivity contribution is 7.89. The molecule has 0 bridgehead atoms. The summed E-state index contributed by atoms with van der Waals surface area (Å²) in [6.07, 6.45) is 2.51. The van der Waals surface area contributed by atoms with Crippen molar-refractivity contribution in [2.75, 3.05) is 13.2 Å². The minimum absolute atomic E-state index is 0.0845. The quantitative estimate of drug-likeness (QED) is 0.809. The standard InChI is InChI=1S/C22H29NO3S/c1-18-9-11-20(12-10-18)27(24,25)23-15-13-22(19-7-5-4-6-8-19)14-16-26-21(2,3)17-22/h4-12,23H,13-17H2,1-3H3. The fourth-order valence-corrected chi connectivity index (χ4v) is 5.13. The van der Waals surface area contributed by atoms with Crippen LogP contribution >= 0.6 is 0 Å². The van der Waals surface area contributed by atoms with E-state index in [9.17, 15) is 8.42 Å². The van der Waals surface area contributed by atoms with Gasteiger partial charge in [0, 0.05) is 18.6 Å². The Labute approximate surface area is 163 Å². The van der Waals surface area contributed by atoms with Crippen LogP contribution in [0, 0.1) is 6.92 Å². The number of aryl methyl sites for hydroxylation is 1. The summed E-state index contributed by atoms with van der Waals surface area (Å²) in [6, 6.07) is 17.4. The minimum atomic E-state index is -3.50. The van der Waals surface area contributed by atoms with Crippen molar-refractivity contribution < 1.29 is 13.2 Å². The first-order valence-corrected chi connectivity index (χ1v) is 11.0. The Balaban J connectivity index is 1.77. The molecule has 27 heavy (non-hydrogen) atoms. The van der Waals surface area contributed by atoms with E-state index in [1.165, 1.54) is 5.56 Å². The molecular formula is C22H29NO3S. The lowest BCUT2D eigenvalue weighted by molar-refractivity contribution is -0.0837. The molecule has 1 fully saturated rings. The highest BCUT2D eigenvalue weighted by atomic mass is 32.2. The molecule has 1 saturated heterocycles. The molecule has 4 nitrogen and oxygen atoms in total. The van der Waals surface area contributed by atoms with E-state index >= 15 is 0 Å². The molecule has 0 amide bonds. The van der Waals surface area contributed by atoms with Crippen LogP contribution in [0.4, 0.5) is 0 Å². The van der Waals surface area contributed by atoms with Gasteiger partial charge >= 0.3 is 0 Å². The summed E-state index contributed by atoms with van der Waals surface area (Å²) >= 11 is 0. The molecule has 1 atom stereocenters. The number of nitrogens with one attached hydrogen (secondary N) is 1. The highest BCUT2D eigenvalue weighted by Crippen LogP contribution is 2.43. The topological polar surface area (TPSA) is 55.4 Å². The first-order chi connectivity index (χ1) is 12.7. The monoisotopic (exact) mass is 387 g/mol. The van der Waals surface area contributed by atoms with Crippen LogP contribution in [-0.4, -0.2) is 27.2 Å².